The largest absolute Gasteiger partial charge is 0.261 e. The zero-order valence-corrected chi connectivity index (χ0v) is 11.3. The molecular weight excluding hydrogens is 292 g/mol. The van der Waals surface area contributed by atoms with Gasteiger partial charge in [-0.15, -0.1) is 6.58 Å². The summed E-state index contributed by atoms with van der Waals surface area (Å²) < 4.78 is 25.9. The highest BCUT2D eigenvalue weighted by Crippen LogP contribution is 2.21. The highest BCUT2D eigenvalue weighted by Gasteiger charge is 2.23. The molecular formula is C10H13BrN2O2S. The van der Waals surface area contributed by atoms with E-state index >= 15 is 0 Å². The van der Waals surface area contributed by atoms with Crippen LogP contribution >= 0.6 is 15.9 Å². The predicted octanol–water partition coefficient (Wildman–Crippen LogP) is 2.04. The predicted molar refractivity (Wildman–Crippen MR) is 66.6 cm³/mol. The minimum absolute atomic E-state index is 0.0431. The molecule has 6 heteroatoms. The summed E-state index contributed by atoms with van der Waals surface area (Å²) in [6.45, 7) is 3.96. The summed E-state index contributed by atoms with van der Waals surface area (Å²) >= 11 is 3.18. The minimum atomic E-state index is -3.51. The van der Waals surface area contributed by atoms with Gasteiger partial charge in [-0.2, -0.15) is 4.31 Å². The van der Waals surface area contributed by atoms with Gasteiger partial charge in [0.15, 0.2) is 5.03 Å². The van der Waals surface area contributed by atoms with E-state index in [0.29, 0.717) is 17.4 Å². The van der Waals surface area contributed by atoms with Crippen LogP contribution in [0.5, 0.6) is 0 Å². The van der Waals surface area contributed by atoms with Gasteiger partial charge in [-0.25, -0.2) is 13.4 Å². The quantitative estimate of drug-likeness (QED) is 0.782. The molecule has 0 saturated heterocycles. The van der Waals surface area contributed by atoms with E-state index in [1.165, 1.54) is 17.5 Å². The standard InChI is InChI=1S/C10H13BrN2O2S/c1-3-4-8-13(2)16(14,15)10-9(11)6-5-7-12-10/h3,5-7H,1,4,8H2,2H3. The molecule has 0 atom stereocenters. The molecule has 0 radical (unpaired) electrons. The van der Waals surface area contributed by atoms with E-state index in [2.05, 4.69) is 27.5 Å². The van der Waals surface area contributed by atoms with Crippen LogP contribution < -0.4 is 0 Å². The van der Waals surface area contributed by atoms with Crippen LogP contribution in [0.2, 0.25) is 0 Å². The van der Waals surface area contributed by atoms with Crippen LogP contribution in [-0.4, -0.2) is 31.3 Å². The van der Waals surface area contributed by atoms with E-state index in [1.807, 2.05) is 0 Å². The van der Waals surface area contributed by atoms with Crippen molar-refractivity contribution in [3.8, 4) is 0 Å². The molecule has 0 bridgehead atoms. The van der Waals surface area contributed by atoms with Crippen molar-refractivity contribution in [1.82, 2.24) is 9.29 Å². The molecule has 0 amide bonds. The molecule has 1 aromatic rings. The Kier molecular flexibility index (Phi) is 4.64. The van der Waals surface area contributed by atoms with Gasteiger partial charge in [0.2, 0.25) is 0 Å². The number of halogens is 1. The lowest BCUT2D eigenvalue weighted by molar-refractivity contribution is 0.472. The first-order chi connectivity index (χ1) is 7.50. The fraction of sp³-hybridized carbons (Fsp3) is 0.300. The molecule has 1 heterocycles. The molecule has 0 saturated carbocycles. The Bertz CT molecular complexity index is 473. The summed E-state index contributed by atoms with van der Waals surface area (Å²) in [7, 11) is -1.99. The molecule has 4 nitrogen and oxygen atoms in total. The van der Waals surface area contributed by atoms with Gasteiger partial charge >= 0.3 is 0 Å². The second-order valence-corrected chi connectivity index (χ2v) is 6.01. The topological polar surface area (TPSA) is 50.3 Å². The van der Waals surface area contributed by atoms with Crippen LogP contribution in [0.4, 0.5) is 0 Å². The summed E-state index contributed by atoms with van der Waals surface area (Å²) in [5.41, 5.74) is 0. The van der Waals surface area contributed by atoms with Crippen LogP contribution in [0.3, 0.4) is 0 Å². The molecule has 1 rings (SSSR count). The Morgan fingerprint density at radius 2 is 2.31 bits per heavy atom. The minimum Gasteiger partial charge on any atom is -0.242 e. The van der Waals surface area contributed by atoms with Gasteiger partial charge in [0.25, 0.3) is 10.0 Å². The third-order valence-electron chi connectivity index (χ3n) is 2.03. The SMILES string of the molecule is C=CCCN(C)S(=O)(=O)c1ncccc1Br. The maximum atomic E-state index is 12.1. The molecule has 1 aromatic heterocycles. The molecule has 0 spiro atoms. The number of pyridine rings is 1. The summed E-state index contributed by atoms with van der Waals surface area (Å²) in [5, 5.41) is 0.0431. The number of rotatable bonds is 5. The van der Waals surface area contributed by atoms with Crippen LogP contribution in [0, 0.1) is 0 Å². The lowest BCUT2D eigenvalue weighted by Gasteiger charge is -2.16. The lowest BCUT2D eigenvalue weighted by Crippen LogP contribution is -2.28. The highest BCUT2D eigenvalue weighted by atomic mass is 79.9. The zero-order chi connectivity index (χ0) is 12.2. The third kappa shape index (κ3) is 2.90. The van der Waals surface area contributed by atoms with Gasteiger partial charge < -0.3 is 0 Å². The Labute approximate surface area is 104 Å². The smallest absolute Gasteiger partial charge is 0.242 e. The van der Waals surface area contributed by atoms with E-state index < -0.39 is 10.0 Å². The number of nitrogens with zero attached hydrogens (tertiary/aromatic N) is 2. The van der Waals surface area contributed by atoms with E-state index in [0.717, 1.165) is 0 Å². The van der Waals surface area contributed by atoms with Gasteiger partial charge in [0.05, 0.1) is 4.47 Å². The van der Waals surface area contributed by atoms with Crippen molar-refractivity contribution >= 4 is 26.0 Å². The average Bonchev–Trinajstić information content (AvgIpc) is 2.26. The number of hydrogen-bond acceptors (Lipinski definition) is 3. The number of aromatic nitrogens is 1. The molecule has 0 aliphatic rings. The van der Waals surface area contributed by atoms with E-state index in [9.17, 15) is 8.42 Å². The molecule has 0 aliphatic carbocycles. The highest BCUT2D eigenvalue weighted by molar-refractivity contribution is 9.10. The fourth-order valence-corrected chi connectivity index (χ4v) is 3.12. The van der Waals surface area contributed by atoms with Crippen molar-refractivity contribution in [2.75, 3.05) is 13.6 Å². The van der Waals surface area contributed by atoms with Crippen LogP contribution in [0.1, 0.15) is 6.42 Å². The Morgan fingerprint density at radius 3 is 2.88 bits per heavy atom. The summed E-state index contributed by atoms with van der Waals surface area (Å²) in [4.78, 5) is 3.88. The van der Waals surface area contributed by atoms with Crippen molar-refractivity contribution in [1.29, 1.82) is 0 Å². The van der Waals surface area contributed by atoms with Crippen molar-refractivity contribution in [3.05, 3.63) is 35.5 Å². The molecule has 0 aromatic carbocycles. The third-order valence-corrected chi connectivity index (χ3v) is 4.75. The monoisotopic (exact) mass is 304 g/mol. The summed E-state index contributed by atoms with van der Waals surface area (Å²) in [5.74, 6) is 0. The Morgan fingerprint density at radius 1 is 1.62 bits per heavy atom. The van der Waals surface area contributed by atoms with Crippen LogP contribution in [-0.2, 0) is 10.0 Å². The fourth-order valence-electron chi connectivity index (χ4n) is 1.10. The van der Waals surface area contributed by atoms with Crippen LogP contribution in [0.15, 0.2) is 40.5 Å². The maximum Gasteiger partial charge on any atom is 0.261 e. The Hall–Kier alpha value is -0.720. The van der Waals surface area contributed by atoms with E-state index in [4.69, 9.17) is 0 Å². The Balaban J connectivity index is 3.02. The summed E-state index contributed by atoms with van der Waals surface area (Å²) in [6, 6.07) is 3.33. The molecule has 0 fully saturated rings. The van der Waals surface area contributed by atoms with Gasteiger partial charge in [0.1, 0.15) is 0 Å². The van der Waals surface area contributed by atoms with Crippen molar-refractivity contribution < 1.29 is 8.42 Å². The molecule has 0 unspecified atom stereocenters. The van der Waals surface area contributed by atoms with Gasteiger partial charge in [-0.05, 0) is 34.5 Å². The molecule has 16 heavy (non-hydrogen) atoms. The number of sulfonamides is 1. The van der Waals surface area contributed by atoms with E-state index in [1.54, 1.807) is 18.2 Å². The second kappa shape index (κ2) is 5.56. The normalized spacial score (nSPS) is 11.7. The molecule has 0 N–H and O–H groups in total. The zero-order valence-electron chi connectivity index (χ0n) is 8.93. The molecule has 0 aliphatic heterocycles. The maximum absolute atomic E-state index is 12.1. The number of hydrogen-bond donors (Lipinski definition) is 0. The van der Waals surface area contributed by atoms with Gasteiger partial charge in [0, 0.05) is 19.8 Å². The van der Waals surface area contributed by atoms with Gasteiger partial charge in [-0.3, -0.25) is 0 Å². The van der Waals surface area contributed by atoms with Crippen molar-refractivity contribution in [3.63, 3.8) is 0 Å². The van der Waals surface area contributed by atoms with Crippen LogP contribution in [0.25, 0.3) is 0 Å². The first kappa shape index (κ1) is 13.3. The molecule has 88 valence electrons. The lowest BCUT2D eigenvalue weighted by atomic mass is 10.4. The van der Waals surface area contributed by atoms with Crippen molar-refractivity contribution in [2.45, 2.75) is 11.4 Å². The second-order valence-electron chi connectivity index (χ2n) is 3.19. The summed E-state index contributed by atoms with van der Waals surface area (Å²) in [6.07, 6.45) is 3.75. The first-order valence-corrected chi connectivity index (χ1v) is 6.91. The first-order valence-electron chi connectivity index (χ1n) is 4.68. The average molecular weight is 305 g/mol. The van der Waals surface area contributed by atoms with E-state index in [-0.39, 0.29) is 5.03 Å². The van der Waals surface area contributed by atoms with Crippen molar-refractivity contribution in [2.24, 2.45) is 0 Å². The van der Waals surface area contributed by atoms with Gasteiger partial charge in [-0.1, -0.05) is 6.08 Å².